The van der Waals surface area contributed by atoms with Gasteiger partial charge < -0.3 is 14.0 Å². The molecule has 0 radical (unpaired) electrons. The van der Waals surface area contributed by atoms with Gasteiger partial charge in [-0.3, -0.25) is 4.99 Å². The second-order valence-corrected chi connectivity index (χ2v) is 19.9. The number of para-hydroxylation sites is 1. The number of anilines is 1. The maximum Gasteiger partial charge on any atom is 0.0626 e. The standard InChI is InChI=1S/C59H60N4/c1-7-28-54-46(22-1)47-23-2-8-29-55(47)61(54)43-19-13-16-39(34-43)42-37-52(40-17-14-20-44(35-40)62-56-30-9-3-24-48(56)49-25-4-10-31-57(49)62)60-53(38-42)41-18-15-21-45(36-41)63-58-32-11-5-26-50(58)51-27-6-12-33-59(51)63/h1-4,7,9,11,13,15-17,19,21-25,28,30,32,34,38,41-42,44-46,54H,5-6,8,10,12,14,18,20,26-27,29,31,33,35-37H2/t41-,42?,44?,45?,46?,54?/m0/s1. The normalized spacial score (nSPS) is 28.1. The molecule has 63 heavy (non-hydrogen) atoms. The van der Waals surface area contributed by atoms with Gasteiger partial charge in [0.15, 0.2) is 0 Å². The van der Waals surface area contributed by atoms with Crippen LogP contribution in [0.4, 0.5) is 5.69 Å². The Balaban J connectivity index is 0.874. The predicted octanol–water partition coefficient (Wildman–Crippen LogP) is 14.1. The van der Waals surface area contributed by atoms with Gasteiger partial charge in [-0.05, 0) is 148 Å². The molecular weight excluding hydrogens is 765 g/mol. The first kappa shape index (κ1) is 37.9. The minimum Gasteiger partial charge on any atom is -0.341 e. The van der Waals surface area contributed by atoms with Crippen LogP contribution in [-0.2, 0) is 25.7 Å². The molecule has 6 atom stereocenters. The monoisotopic (exact) mass is 824 g/mol. The lowest BCUT2D eigenvalue weighted by molar-refractivity contribution is 0.417. The summed E-state index contributed by atoms with van der Waals surface area (Å²) in [5, 5.41) is 1.41. The van der Waals surface area contributed by atoms with Crippen molar-refractivity contribution in [1.29, 1.82) is 0 Å². The number of nitrogens with zero attached hydrogens (tertiary/aromatic N) is 4. The fraction of sp³-hybridized carbons (Fsp3) is 0.373. The molecule has 2 aromatic carbocycles. The van der Waals surface area contributed by atoms with Crippen molar-refractivity contribution in [1.82, 2.24) is 9.13 Å². The number of aromatic nitrogens is 2. The Morgan fingerprint density at radius 3 is 2.59 bits per heavy atom. The zero-order chi connectivity index (χ0) is 41.4. The third kappa shape index (κ3) is 6.33. The van der Waals surface area contributed by atoms with Gasteiger partial charge >= 0.3 is 0 Å². The average molecular weight is 825 g/mol. The molecule has 0 saturated carbocycles. The Labute approximate surface area is 373 Å². The summed E-state index contributed by atoms with van der Waals surface area (Å²) < 4.78 is 5.55. The van der Waals surface area contributed by atoms with Gasteiger partial charge in [-0.2, -0.15) is 0 Å². The van der Waals surface area contributed by atoms with Gasteiger partial charge in [0.1, 0.15) is 0 Å². The largest absolute Gasteiger partial charge is 0.341 e. The summed E-state index contributed by atoms with van der Waals surface area (Å²) in [6.07, 6.45) is 52.6. The highest BCUT2D eigenvalue weighted by molar-refractivity contribution is 6.02. The highest BCUT2D eigenvalue weighted by Crippen LogP contribution is 2.48. The van der Waals surface area contributed by atoms with Crippen molar-refractivity contribution in [3.8, 4) is 0 Å². The minimum absolute atomic E-state index is 0.276. The van der Waals surface area contributed by atoms with Crippen LogP contribution in [0, 0.1) is 11.8 Å². The number of fused-ring (bicyclic) bond motifs is 8. The van der Waals surface area contributed by atoms with E-state index in [4.69, 9.17) is 4.99 Å². The Hall–Kier alpha value is -5.61. The lowest BCUT2D eigenvalue weighted by Crippen LogP contribution is -2.33. The van der Waals surface area contributed by atoms with Gasteiger partial charge in [-0.25, -0.2) is 0 Å². The predicted molar refractivity (Wildman–Crippen MR) is 262 cm³/mol. The zero-order valence-corrected chi connectivity index (χ0v) is 36.8. The smallest absolute Gasteiger partial charge is 0.0626 e. The fourth-order valence-corrected chi connectivity index (χ4v) is 13.6. The van der Waals surface area contributed by atoms with Crippen LogP contribution in [0.3, 0.4) is 0 Å². The first-order valence-electron chi connectivity index (χ1n) is 24.7. The van der Waals surface area contributed by atoms with Crippen LogP contribution in [-0.4, -0.2) is 20.9 Å². The van der Waals surface area contributed by atoms with Crippen LogP contribution in [0.5, 0.6) is 0 Å². The molecule has 4 heterocycles. The molecule has 316 valence electrons. The van der Waals surface area contributed by atoms with E-state index in [2.05, 4.69) is 148 Å². The van der Waals surface area contributed by atoms with Crippen molar-refractivity contribution < 1.29 is 0 Å². The number of hydrogen-bond donors (Lipinski definition) is 0. The van der Waals surface area contributed by atoms with E-state index in [9.17, 15) is 0 Å². The molecule has 0 saturated heterocycles. The molecular formula is C59H60N4. The average Bonchev–Trinajstić information content (AvgIpc) is 4.00. The number of rotatable bonds is 6. The van der Waals surface area contributed by atoms with Crippen molar-refractivity contribution >= 4 is 34.5 Å². The Morgan fingerprint density at radius 1 is 0.698 bits per heavy atom. The van der Waals surface area contributed by atoms with Gasteiger partial charge in [-0.1, -0.05) is 109 Å². The zero-order valence-electron chi connectivity index (χ0n) is 36.8. The highest BCUT2D eigenvalue weighted by atomic mass is 15.2. The summed E-state index contributed by atoms with van der Waals surface area (Å²) >= 11 is 0. The summed E-state index contributed by atoms with van der Waals surface area (Å²) in [5.74, 6) is 1.09. The number of hydrogen-bond acceptors (Lipinski definition) is 2. The highest BCUT2D eigenvalue weighted by Gasteiger charge is 2.40. The molecule has 2 aromatic heterocycles. The van der Waals surface area contributed by atoms with Gasteiger partial charge in [0.25, 0.3) is 0 Å². The van der Waals surface area contributed by atoms with Crippen LogP contribution in [0.2, 0.25) is 0 Å². The summed E-state index contributed by atoms with van der Waals surface area (Å²) in [4.78, 5) is 8.54. The van der Waals surface area contributed by atoms with Crippen molar-refractivity contribution in [2.75, 3.05) is 4.90 Å². The first-order valence-corrected chi connectivity index (χ1v) is 24.7. The van der Waals surface area contributed by atoms with Gasteiger partial charge in [0, 0.05) is 86.6 Å². The van der Waals surface area contributed by atoms with Crippen LogP contribution >= 0.6 is 0 Å². The third-order valence-electron chi connectivity index (χ3n) is 16.4. The van der Waals surface area contributed by atoms with Crippen LogP contribution in [0.1, 0.15) is 134 Å². The third-order valence-corrected chi connectivity index (χ3v) is 16.4. The summed E-state index contributed by atoms with van der Waals surface area (Å²) in [6, 6.07) is 20.0. The molecule has 0 fully saturated rings. The second kappa shape index (κ2) is 15.6. The number of benzene rings is 2. The Bertz CT molecular complexity index is 2850. The van der Waals surface area contributed by atoms with E-state index in [1.807, 2.05) is 0 Å². The van der Waals surface area contributed by atoms with Gasteiger partial charge in [0.2, 0.25) is 0 Å². The molecule has 9 aliphatic rings. The molecule has 4 heteroatoms. The molecule has 0 bridgehead atoms. The van der Waals surface area contributed by atoms with E-state index < -0.39 is 0 Å². The van der Waals surface area contributed by atoms with Crippen LogP contribution < -0.4 is 4.90 Å². The Kier molecular flexibility index (Phi) is 9.37. The van der Waals surface area contributed by atoms with E-state index in [-0.39, 0.29) is 5.92 Å². The fourth-order valence-electron chi connectivity index (χ4n) is 13.6. The van der Waals surface area contributed by atoms with Crippen molar-refractivity contribution in [3.63, 3.8) is 0 Å². The lowest BCUT2D eigenvalue weighted by atomic mass is 9.80. The summed E-state index contributed by atoms with van der Waals surface area (Å²) in [7, 11) is 0. The maximum atomic E-state index is 5.86. The number of allylic oxidation sites excluding steroid dienone is 13. The summed E-state index contributed by atoms with van der Waals surface area (Å²) in [5.41, 5.74) is 20.8. The summed E-state index contributed by atoms with van der Waals surface area (Å²) in [6.45, 7) is 0. The molecule has 0 N–H and O–H groups in total. The van der Waals surface area contributed by atoms with Crippen molar-refractivity contribution in [2.24, 2.45) is 16.8 Å². The molecule has 5 unspecified atom stereocenters. The van der Waals surface area contributed by atoms with Crippen LogP contribution in [0.15, 0.2) is 149 Å². The molecule has 2 aliphatic heterocycles. The lowest BCUT2D eigenvalue weighted by Gasteiger charge is -2.34. The Morgan fingerprint density at radius 2 is 1.59 bits per heavy atom. The molecule has 4 aromatic rings. The topological polar surface area (TPSA) is 25.5 Å². The van der Waals surface area contributed by atoms with E-state index in [0.717, 1.165) is 57.8 Å². The van der Waals surface area contributed by atoms with E-state index in [0.29, 0.717) is 30.0 Å². The van der Waals surface area contributed by atoms with Gasteiger partial charge in [0.05, 0.1) is 12.1 Å². The molecule has 0 spiro atoms. The molecule has 7 aliphatic carbocycles. The van der Waals surface area contributed by atoms with E-state index in [1.165, 1.54) is 112 Å². The number of aliphatic imine (C=N–C) groups is 1. The SMILES string of the molecule is C1=CC2C3=C(CCC=C3)N(c3cccc(C4C=C([C@H]5CC=CC(n6c7c(c8c6CCCC8)CCC=C7)C5)N=C(C5=CCCC(n6c7c(c8ccccc86)C=CCC7)C5)C4)c3)C2C=C1. The maximum absolute atomic E-state index is 5.86. The quantitative estimate of drug-likeness (QED) is 0.178. The second-order valence-electron chi connectivity index (χ2n) is 19.9. The van der Waals surface area contributed by atoms with Gasteiger partial charge in [-0.15, -0.1) is 0 Å². The molecule has 4 nitrogen and oxygen atoms in total. The first-order chi connectivity index (χ1) is 31.2. The van der Waals surface area contributed by atoms with Crippen LogP contribution in [0.25, 0.3) is 23.1 Å². The van der Waals surface area contributed by atoms with E-state index in [1.54, 1.807) is 16.8 Å². The minimum atomic E-state index is 0.276. The molecule has 13 rings (SSSR count). The van der Waals surface area contributed by atoms with Crippen molar-refractivity contribution in [2.45, 2.75) is 127 Å². The van der Waals surface area contributed by atoms with Crippen molar-refractivity contribution in [3.05, 3.63) is 183 Å². The van der Waals surface area contributed by atoms with E-state index >= 15 is 0 Å². The molecule has 0 amide bonds.